The maximum atomic E-state index is 5.95. The molecule has 0 spiro atoms. The smallest absolute Gasteiger partial charge is 0.133 e. The van der Waals surface area contributed by atoms with E-state index in [1.54, 1.807) is 6.33 Å². The minimum absolute atomic E-state index is 0.155. The second-order valence-electron chi connectivity index (χ2n) is 6.20. The van der Waals surface area contributed by atoms with Crippen molar-refractivity contribution in [2.75, 3.05) is 30.4 Å². The number of nitrogens with one attached hydrogen (secondary N) is 1. The van der Waals surface area contributed by atoms with Crippen LogP contribution in [0.4, 0.5) is 11.6 Å². The summed E-state index contributed by atoms with van der Waals surface area (Å²) in [6.07, 6.45) is 2.50. The Morgan fingerprint density at radius 2 is 2.05 bits per heavy atom. The third kappa shape index (κ3) is 6.38. The van der Waals surface area contributed by atoms with Gasteiger partial charge in [0, 0.05) is 31.7 Å². The topological polar surface area (TPSA) is 67.1 Å². The molecular formula is C14H27N5. The quantitative estimate of drug-likeness (QED) is 0.790. The summed E-state index contributed by atoms with van der Waals surface area (Å²) in [5.41, 5.74) is 5.80. The molecule has 0 saturated heterocycles. The van der Waals surface area contributed by atoms with Crippen molar-refractivity contribution in [2.24, 2.45) is 11.7 Å². The highest BCUT2D eigenvalue weighted by atomic mass is 15.2. The Morgan fingerprint density at radius 3 is 2.63 bits per heavy atom. The van der Waals surface area contributed by atoms with E-state index in [0.29, 0.717) is 5.92 Å². The number of anilines is 2. The Labute approximate surface area is 116 Å². The van der Waals surface area contributed by atoms with Gasteiger partial charge in [0.1, 0.15) is 18.0 Å². The third-order valence-corrected chi connectivity index (χ3v) is 2.76. The van der Waals surface area contributed by atoms with Gasteiger partial charge in [-0.25, -0.2) is 9.97 Å². The van der Waals surface area contributed by atoms with Crippen LogP contribution in [0.3, 0.4) is 0 Å². The number of nitrogens with two attached hydrogens (primary N) is 1. The van der Waals surface area contributed by atoms with Crippen LogP contribution < -0.4 is 16.0 Å². The molecule has 0 radical (unpaired) electrons. The fraction of sp³-hybridized carbons (Fsp3) is 0.714. The largest absolute Gasteiger partial charge is 0.370 e. The summed E-state index contributed by atoms with van der Waals surface area (Å²) >= 11 is 0. The molecule has 0 aromatic carbocycles. The molecule has 108 valence electrons. The van der Waals surface area contributed by atoms with Crippen LogP contribution in [-0.2, 0) is 0 Å². The van der Waals surface area contributed by atoms with Crippen LogP contribution in [0, 0.1) is 5.92 Å². The van der Waals surface area contributed by atoms with E-state index in [1.165, 1.54) is 0 Å². The molecule has 0 saturated carbocycles. The van der Waals surface area contributed by atoms with Gasteiger partial charge in [-0.15, -0.1) is 0 Å². The van der Waals surface area contributed by atoms with Crippen LogP contribution in [0.5, 0.6) is 0 Å². The highest BCUT2D eigenvalue weighted by Gasteiger charge is 2.10. The molecule has 0 aliphatic rings. The normalized spacial score (nSPS) is 11.7. The molecular weight excluding hydrogens is 238 g/mol. The Kier molecular flexibility index (Phi) is 5.54. The van der Waals surface area contributed by atoms with Gasteiger partial charge in [0.25, 0.3) is 0 Å². The number of hydrogen-bond donors (Lipinski definition) is 2. The van der Waals surface area contributed by atoms with Gasteiger partial charge in [-0.2, -0.15) is 0 Å². The van der Waals surface area contributed by atoms with Crippen LogP contribution >= 0.6 is 0 Å². The number of aromatic nitrogens is 2. The molecule has 0 aliphatic heterocycles. The van der Waals surface area contributed by atoms with Gasteiger partial charge in [-0.3, -0.25) is 0 Å². The summed E-state index contributed by atoms with van der Waals surface area (Å²) in [6, 6.07) is 1.98. The number of nitrogens with zero attached hydrogens (tertiary/aromatic N) is 3. The Hall–Kier alpha value is -1.36. The maximum Gasteiger partial charge on any atom is 0.133 e. The molecule has 5 heteroatoms. The maximum absolute atomic E-state index is 5.95. The molecule has 1 heterocycles. The van der Waals surface area contributed by atoms with E-state index in [4.69, 9.17) is 5.73 Å². The molecule has 0 atom stereocenters. The molecule has 0 amide bonds. The van der Waals surface area contributed by atoms with Crippen LogP contribution in [0.1, 0.15) is 34.1 Å². The molecule has 3 N–H and O–H groups in total. The van der Waals surface area contributed by atoms with Crippen molar-refractivity contribution >= 4 is 11.6 Å². The first-order chi connectivity index (χ1) is 8.78. The summed E-state index contributed by atoms with van der Waals surface area (Å²) in [7, 11) is 2.05. The predicted molar refractivity (Wildman–Crippen MR) is 81.5 cm³/mol. The molecule has 0 bridgehead atoms. The second-order valence-corrected chi connectivity index (χ2v) is 6.20. The van der Waals surface area contributed by atoms with Gasteiger partial charge in [-0.1, -0.05) is 13.8 Å². The van der Waals surface area contributed by atoms with E-state index >= 15 is 0 Å². The molecule has 1 aromatic rings. The Balaban J connectivity index is 2.57. The molecule has 1 rings (SSSR count). The van der Waals surface area contributed by atoms with Gasteiger partial charge in [0.15, 0.2) is 0 Å². The lowest BCUT2D eigenvalue weighted by molar-refractivity contribution is 0.490. The molecule has 0 unspecified atom stereocenters. The molecule has 1 aromatic heterocycles. The summed E-state index contributed by atoms with van der Waals surface area (Å²) in [4.78, 5) is 10.7. The monoisotopic (exact) mass is 265 g/mol. The van der Waals surface area contributed by atoms with Crippen molar-refractivity contribution in [3.05, 3.63) is 12.4 Å². The SMILES string of the molecule is CC(C)CN(C)c1cc(NCCC(C)(C)N)ncn1. The van der Waals surface area contributed by atoms with Gasteiger partial charge in [-0.05, 0) is 26.2 Å². The van der Waals surface area contributed by atoms with Crippen molar-refractivity contribution < 1.29 is 0 Å². The first-order valence-corrected chi connectivity index (χ1v) is 6.84. The van der Waals surface area contributed by atoms with Crippen molar-refractivity contribution in [1.29, 1.82) is 0 Å². The Bertz CT molecular complexity index is 384. The zero-order valence-electron chi connectivity index (χ0n) is 12.8. The lowest BCUT2D eigenvalue weighted by Gasteiger charge is -2.21. The zero-order chi connectivity index (χ0) is 14.5. The van der Waals surface area contributed by atoms with E-state index in [2.05, 4.69) is 41.1 Å². The highest BCUT2D eigenvalue weighted by molar-refractivity contribution is 5.47. The van der Waals surface area contributed by atoms with Crippen LogP contribution in [0.25, 0.3) is 0 Å². The molecule has 0 fully saturated rings. The number of hydrogen-bond acceptors (Lipinski definition) is 5. The lowest BCUT2D eigenvalue weighted by atomic mass is 10.0. The van der Waals surface area contributed by atoms with E-state index < -0.39 is 0 Å². The molecule has 5 nitrogen and oxygen atoms in total. The van der Waals surface area contributed by atoms with E-state index in [9.17, 15) is 0 Å². The molecule has 0 aliphatic carbocycles. The van der Waals surface area contributed by atoms with E-state index in [0.717, 1.165) is 31.1 Å². The second kappa shape index (κ2) is 6.70. The van der Waals surface area contributed by atoms with Crippen LogP contribution in [0.2, 0.25) is 0 Å². The zero-order valence-corrected chi connectivity index (χ0v) is 12.8. The molecule has 19 heavy (non-hydrogen) atoms. The standard InChI is InChI=1S/C14H27N5/c1-11(2)9-19(5)13-8-12(17-10-18-13)16-7-6-14(3,4)15/h8,10-11H,6-7,9,15H2,1-5H3,(H,16,17,18). The van der Waals surface area contributed by atoms with Crippen molar-refractivity contribution in [3.63, 3.8) is 0 Å². The van der Waals surface area contributed by atoms with Gasteiger partial charge < -0.3 is 16.0 Å². The van der Waals surface area contributed by atoms with Gasteiger partial charge in [0.05, 0.1) is 0 Å². The summed E-state index contributed by atoms with van der Waals surface area (Å²) in [6.45, 7) is 10.2. The van der Waals surface area contributed by atoms with Gasteiger partial charge >= 0.3 is 0 Å². The van der Waals surface area contributed by atoms with Gasteiger partial charge in [0.2, 0.25) is 0 Å². The summed E-state index contributed by atoms with van der Waals surface area (Å²) in [5.74, 6) is 2.40. The minimum Gasteiger partial charge on any atom is -0.370 e. The van der Waals surface area contributed by atoms with Crippen LogP contribution in [0.15, 0.2) is 12.4 Å². The fourth-order valence-electron chi connectivity index (χ4n) is 1.81. The van der Waals surface area contributed by atoms with Crippen molar-refractivity contribution in [3.8, 4) is 0 Å². The average molecular weight is 265 g/mol. The number of rotatable bonds is 7. The predicted octanol–water partition coefficient (Wildman–Crippen LogP) is 2.11. The average Bonchev–Trinajstić information content (AvgIpc) is 2.26. The summed E-state index contributed by atoms with van der Waals surface area (Å²) < 4.78 is 0. The Morgan fingerprint density at radius 1 is 1.37 bits per heavy atom. The first kappa shape index (κ1) is 15.7. The van der Waals surface area contributed by atoms with E-state index in [-0.39, 0.29) is 5.54 Å². The van der Waals surface area contributed by atoms with Crippen LogP contribution in [-0.4, -0.2) is 35.6 Å². The summed E-state index contributed by atoms with van der Waals surface area (Å²) in [5, 5.41) is 3.29. The minimum atomic E-state index is -0.155. The third-order valence-electron chi connectivity index (χ3n) is 2.76. The fourth-order valence-corrected chi connectivity index (χ4v) is 1.81. The van der Waals surface area contributed by atoms with Crippen molar-refractivity contribution in [1.82, 2.24) is 9.97 Å². The van der Waals surface area contributed by atoms with Crippen molar-refractivity contribution in [2.45, 2.75) is 39.7 Å². The highest BCUT2D eigenvalue weighted by Crippen LogP contribution is 2.14. The van der Waals surface area contributed by atoms with E-state index in [1.807, 2.05) is 19.9 Å². The lowest BCUT2D eigenvalue weighted by Crippen LogP contribution is -2.34. The first-order valence-electron chi connectivity index (χ1n) is 6.84.